The molecule has 2 rings (SSSR count). The number of carbonyl (C=O) groups is 2. The molecule has 6 heteroatoms. The van der Waals surface area contributed by atoms with Crippen LogP contribution in [0.15, 0.2) is 30.3 Å². The molecule has 1 atom stereocenters. The Hall–Kier alpha value is -2.63. The zero-order valence-corrected chi connectivity index (χ0v) is 11.7. The van der Waals surface area contributed by atoms with E-state index in [0.717, 1.165) is 0 Å². The van der Waals surface area contributed by atoms with Crippen molar-refractivity contribution in [3.63, 3.8) is 0 Å². The number of carboxylic acid groups (broad SMARTS) is 1. The first-order valence-electron chi connectivity index (χ1n) is 6.62. The van der Waals surface area contributed by atoms with E-state index in [2.05, 4.69) is 10.3 Å². The lowest BCUT2D eigenvalue weighted by molar-refractivity contribution is -0.137. The molecule has 4 N–H and O–H groups in total. The van der Waals surface area contributed by atoms with E-state index in [0.29, 0.717) is 28.8 Å². The predicted octanol–water partition coefficient (Wildman–Crippen LogP) is 1.86. The Morgan fingerprint density at radius 3 is 2.76 bits per heavy atom. The fourth-order valence-electron chi connectivity index (χ4n) is 2.12. The van der Waals surface area contributed by atoms with E-state index < -0.39 is 11.9 Å². The van der Waals surface area contributed by atoms with Gasteiger partial charge in [0, 0.05) is 18.4 Å². The number of nitrogens with one attached hydrogen (secondary N) is 1. The number of hydrogen-bond acceptors (Lipinski definition) is 4. The number of benzene rings is 1. The van der Waals surface area contributed by atoms with Crippen LogP contribution in [0.25, 0.3) is 10.9 Å². The molecule has 1 heterocycles. The van der Waals surface area contributed by atoms with Crippen LogP contribution in [0.5, 0.6) is 0 Å². The third-order valence-electron chi connectivity index (χ3n) is 3.14. The van der Waals surface area contributed by atoms with Crippen LogP contribution in [0.2, 0.25) is 0 Å². The Morgan fingerprint density at radius 1 is 1.38 bits per heavy atom. The number of rotatable bonds is 6. The quantitative estimate of drug-likeness (QED) is 0.752. The van der Waals surface area contributed by atoms with Crippen molar-refractivity contribution in [2.75, 3.05) is 11.9 Å². The van der Waals surface area contributed by atoms with Crippen molar-refractivity contribution in [1.29, 1.82) is 0 Å². The molecule has 0 aliphatic heterocycles. The maximum absolute atomic E-state index is 11.5. The molecule has 6 nitrogen and oxygen atoms in total. The molecule has 0 aliphatic rings. The highest BCUT2D eigenvalue weighted by Gasteiger charge is 2.11. The highest BCUT2D eigenvalue weighted by molar-refractivity contribution is 6.06. The number of amides is 1. The Bertz CT molecular complexity index is 685. The number of aromatic nitrogens is 1. The first-order chi connectivity index (χ1) is 9.97. The minimum Gasteiger partial charge on any atom is -0.481 e. The maximum atomic E-state index is 11.5. The lowest BCUT2D eigenvalue weighted by Crippen LogP contribution is -2.17. The Labute approximate surface area is 122 Å². The minimum absolute atomic E-state index is 0.0483. The monoisotopic (exact) mass is 287 g/mol. The molecule has 1 aromatic heterocycles. The van der Waals surface area contributed by atoms with E-state index in [1.54, 1.807) is 18.2 Å². The number of aliphatic carboxylic acids is 1. The van der Waals surface area contributed by atoms with Crippen molar-refractivity contribution in [2.45, 2.75) is 13.3 Å². The van der Waals surface area contributed by atoms with Crippen LogP contribution in [0.3, 0.4) is 0 Å². The summed E-state index contributed by atoms with van der Waals surface area (Å²) in [4.78, 5) is 26.6. The molecule has 1 unspecified atom stereocenters. The van der Waals surface area contributed by atoms with Gasteiger partial charge in [-0.3, -0.25) is 9.59 Å². The minimum atomic E-state index is -0.839. The number of carbonyl (C=O) groups excluding carboxylic acids is 1. The third-order valence-corrected chi connectivity index (χ3v) is 3.14. The lowest BCUT2D eigenvalue weighted by Gasteiger charge is -2.12. The van der Waals surface area contributed by atoms with E-state index in [4.69, 9.17) is 10.8 Å². The molecule has 2 aromatic rings. The second-order valence-electron chi connectivity index (χ2n) is 5.02. The first-order valence-corrected chi connectivity index (χ1v) is 6.62. The van der Waals surface area contributed by atoms with Crippen LogP contribution < -0.4 is 11.1 Å². The molecule has 0 saturated heterocycles. The van der Waals surface area contributed by atoms with Gasteiger partial charge in [-0.15, -0.1) is 0 Å². The van der Waals surface area contributed by atoms with E-state index in [1.165, 1.54) is 0 Å². The Kier molecular flexibility index (Phi) is 4.37. The van der Waals surface area contributed by atoms with Gasteiger partial charge < -0.3 is 16.2 Å². The van der Waals surface area contributed by atoms with Crippen LogP contribution in [-0.4, -0.2) is 28.5 Å². The number of carboxylic acids is 1. The summed E-state index contributed by atoms with van der Waals surface area (Å²) in [5, 5.41) is 12.5. The number of para-hydroxylation sites is 1. The van der Waals surface area contributed by atoms with Crippen LogP contribution in [0.4, 0.5) is 5.82 Å². The van der Waals surface area contributed by atoms with Crippen molar-refractivity contribution < 1.29 is 14.7 Å². The van der Waals surface area contributed by atoms with Crippen molar-refractivity contribution in [2.24, 2.45) is 11.7 Å². The molecular weight excluding hydrogens is 270 g/mol. The van der Waals surface area contributed by atoms with Crippen molar-refractivity contribution in [3.05, 3.63) is 35.9 Å². The number of pyridine rings is 1. The van der Waals surface area contributed by atoms with Gasteiger partial charge in [-0.1, -0.05) is 25.1 Å². The van der Waals surface area contributed by atoms with E-state index in [-0.39, 0.29) is 12.3 Å². The van der Waals surface area contributed by atoms with Gasteiger partial charge in [0.2, 0.25) is 5.91 Å². The molecule has 1 aromatic carbocycles. The van der Waals surface area contributed by atoms with Crippen LogP contribution in [-0.2, 0) is 4.79 Å². The Morgan fingerprint density at radius 2 is 2.10 bits per heavy atom. The normalized spacial score (nSPS) is 12.0. The SMILES string of the molecule is CC(CNc1cc(C(N)=O)c2ccccc2n1)CC(=O)O. The van der Waals surface area contributed by atoms with Crippen molar-refractivity contribution in [1.82, 2.24) is 4.98 Å². The molecule has 0 saturated carbocycles. The van der Waals surface area contributed by atoms with E-state index in [1.807, 2.05) is 19.1 Å². The highest BCUT2D eigenvalue weighted by atomic mass is 16.4. The summed E-state index contributed by atoms with van der Waals surface area (Å²) in [5.41, 5.74) is 6.46. The van der Waals surface area contributed by atoms with Gasteiger partial charge in [0.15, 0.2) is 0 Å². The topological polar surface area (TPSA) is 105 Å². The van der Waals surface area contributed by atoms with Crippen LogP contribution in [0.1, 0.15) is 23.7 Å². The zero-order valence-electron chi connectivity index (χ0n) is 11.7. The lowest BCUT2D eigenvalue weighted by atomic mass is 10.1. The Balaban J connectivity index is 2.24. The standard InChI is InChI=1S/C15H17N3O3/c1-9(6-14(19)20)8-17-13-7-11(15(16)21)10-4-2-3-5-12(10)18-13/h2-5,7,9H,6,8H2,1H3,(H2,16,21)(H,17,18)(H,19,20). The molecule has 0 radical (unpaired) electrons. The molecule has 0 aliphatic carbocycles. The molecular formula is C15H17N3O3. The second kappa shape index (κ2) is 6.21. The highest BCUT2D eigenvalue weighted by Crippen LogP contribution is 2.20. The largest absolute Gasteiger partial charge is 0.481 e. The van der Waals surface area contributed by atoms with E-state index in [9.17, 15) is 9.59 Å². The summed E-state index contributed by atoms with van der Waals surface area (Å²) in [6, 6.07) is 8.83. The van der Waals surface area contributed by atoms with Gasteiger partial charge in [0.1, 0.15) is 5.82 Å². The summed E-state index contributed by atoms with van der Waals surface area (Å²) in [6.07, 6.45) is 0.0727. The van der Waals surface area contributed by atoms with Gasteiger partial charge in [0.05, 0.1) is 11.1 Å². The number of nitrogens with zero attached hydrogens (tertiary/aromatic N) is 1. The summed E-state index contributed by atoms with van der Waals surface area (Å²) >= 11 is 0. The molecule has 0 fully saturated rings. The van der Waals surface area contributed by atoms with Gasteiger partial charge in [-0.05, 0) is 18.1 Å². The fraction of sp³-hybridized carbons (Fsp3) is 0.267. The van der Waals surface area contributed by atoms with Crippen LogP contribution in [0, 0.1) is 5.92 Å². The summed E-state index contributed by atoms with van der Waals surface area (Å²) in [6.45, 7) is 2.28. The number of fused-ring (bicyclic) bond motifs is 1. The molecule has 1 amide bonds. The maximum Gasteiger partial charge on any atom is 0.303 e. The van der Waals surface area contributed by atoms with Crippen molar-refractivity contribution in [3.8, 4) is 0 Å². The summed E-state index contributed by atoms with van der Waals surface area (Å²) in [5.74, 6) is -0.892. The smallest absolute Gasteiger partial charge is 0.303 e. The summed E-state index contributed by atoms with van der Waals surface area (Å²) in [7, 11) is 0. The average Bonchev–Trinajstić information content (AvgIpc) is 2.43. The third kappa shape index (κ3) is 3.68. The van der Waals surface area contributed by atoms with Gasteiger partial charge in [-0.2, -0.15) is 0 Å². The molecule has 0 bridgehead atoms. The van der Waals surface area contributed by atoms with Crippen molar-refractivity contribution >= 4 is 28.6 Å². The molecule has 0 spiro atoms. The number of nitrogens with two attached hydrogens (primary N) is 1. The van der Waals surface area contributed by atoms with Gasteiger partial charge >= 0.3 is 5.97 Å². The zero-order chi connectivity index (χ0) is 15.4. The second-order valence-corrected chi connectivity index (χ2v) is 5.02. The van der Waals surface area contributed by atoms with Gasteiger partial charge in [-0.25, -0.2) is 4.98 Å². The number of primary amides is 1. The fourth-order valence-corrected chi connectivity index (χ4v) is 2.12. The first kappa shape index (κ1) is 14.8. The predicted molar refractivity (Wildman–Crippen MR) is 80.2 cm³/mol. The average molecular weight is 287 g/mol. The van der Waals surface area contributed by atoms with Crippen LogP contribution >= 0.6 is 0 Å². The molecule has 110 valence electrons. The number of hydrogen-bond donors (Lipinski definition) is 3. The molecule has 21 heavy (non-hydrogen) atoms. The van der Waals surface area contributed by atoms with Gasteiger partial charge in [0.25, 0.3) is 0 Å². The van der Waals surface area contributed by atoms with E-state index >= 15 is 0 Å². The summed E-state index contributed by atoms with van der Waals surface area (Å²) < 4.78 is 0. The number of anilines is 1.